The molecule has 0 aliphatic heterocycles. The van der Waals surface area contributed by atoms with Crippen LogP contribution in [0.4, 0.5) is 0 Å². The molecule has 0 amide bonds. The molecule has 0 aromatic carbocycles. The number of carbonyl (C=O) groups is 1. The van der Waals surface area contributed by atoms with Gasteiger partial charge in [0.15, 0.2) is 0 Å². The molecule has 2 aromatic heterocycles. The third-order valence-electron chi connectivity index (χ3n) is 3.05. The monoisotopic (exact) mass is 276 g/mol. The van der Waals surface area contributed by atoms with Crippen molar-refractivity contribution < 1.29 is 9.53 Å². The molecule has 0 unspecified atom stereocenters. The van der Waals surface area contributed by atoms with E-state index in [0.717, 1.165) is 38.2 Å². The zero-order valence-electron chi connectivity index (χ0n) is 11.6. The quantitative estimate of drug-likeness (QED) is 0.567. The van der Waals surface area contributed by atoms with Crippen molar-refractivity contribution in [2.75, 3.05) is 13.7 Å². The van der Waals surface area contributed by atoms with Crippen LogP contribution in [0.2, 0.25) is 0 Å². The number of imidazole rings is 1. The fraction of sp³-hybridized carbons (Fsp3) is 0.429. The van der Waals surface area contributed by atoms with Gasteiger partial charge in [-0.3, -0.25) is 0 Å². The Morgan fingerprint density at radius 2 is 2.35 bits per heavy atom. The van der Waals surface area contributed by atoms with Crippen LogP contribution in [-0.4, -0.2) is 34.2 Å². The maximum Gasteiger partial charge on any atom is 0.354 e. The Balaban J connectivity index is 1.59. The molecular formula is C14H20N4O2. The normalized spacial score (nSPS) is 10.7. The van der Waals surface area contributed by atoms with Crippen molar-refractivity contribution in [2.24, 2.45) is 0 Å². The number of unbranched alkanes of at least 4 members (excludes halogenated alkanes) is 1. The van der Waals surface area contributed by atoms with Crippen molar-refractivity contribution in [3.63, 3.8) is 0 Å². The van der Waals surface area contributed by atoms with Gasteiger partial charge in [-0.25, -0.2) is 9.78 Å². The number of aromatic nitrogens is 3. The van der Waals surface area contributed by atoms with E-state index in [1.54, 1.807) is 12.3 Å². The molecule has 0 spiro atoms. The highest BCUT2D eigenvalue weighted by atomic mass is 16.5. The summed E-state index contributed by atoms with van der Waals surface area (Å²) in [6, 6.07) is 3.63. The zero-order chi connectivity index (χ0) is 14.2. The van der Waals surface area contributed by atoms with Gasteiger partial charge >= 0.3 is 5.97 Å². The molecule has 0 aliphatic carbocycles. The van der Waals surface area contributed by atoms with Crippen LogP contribution in [0.15, 0.2) is 30.9 Å². The van der Waals surface area contributed by atoms with E-state index in [0.29, 0.717) is 5.69 Å². The second kappa shape index (κ2) is 7.49. The summed E-state index contributed by atoms with van der Waals surface area (Å²) in [5.74, 6) is -0.336. The summed E-state index contributed by atoms with van der Waals surface area (Å²) in [7, 11) is 1.38. The molecule has 108 valence electrons. The van der Waals surface area contributed by atoms with E-state index >= 15 is 0 Å². The largest absolute Gasteiger partial charge is 0.464 e. The van der Waals surface area contributed by atoms with E-state index in [9.17, 15) is 4.79 Å². The van der Waals surface area contributed by atoms with E-state index in [-0.39, 0.29) is 5.97 Å². The summed E-state index contributed by atoms with van der Waals surface area (Å²) in [4.78, 5) is 18.3. The molecule has 2 rings (SSSR count). The van der Waals surface area contributed by atoms with Crippen LogP contribution < -0.4 is 5.32 Å². The molecule has 0 radical (unpaired) electrons. The number of aryl methyl sites for hydroxylation is 1. The third-order valence-corrected chi connectivity index (χ3v) is 3.05. The molecule has 0 saturated heterocycles. The lowest BCUT2D eigenvalue weighted by Crippen LogP contribution is -2.15. The summed E-state index contributed by atoms with van der Waals surface area (Å²) in [5.41, 5.74) is 1.48. The number of methoxy groups -OCH3 is 1. The molecular weight excluding hydrogens is 256 g/mol. The first-order chi connectivity index (χ1) is 9.79. The predicted molar refractivity (Wildman–Crippen MR) is 75.3 cm³/mol. The van der Waals surface area contributed by atoms with Crippen LogP contribution in [-0.2, 0) is 17.8 Å². The Morgan fingerprint density at radius 3 is 3.10 bits per heavy atom. The highest BCUT2D eigenvalue weighted by molar-refractivity contribution is 5.87. The van der Waals surface area contributed by atoms with E-state index < -0.39 is 0 Å². The standard InChI is InChI=1S/C14H20N4O2/c1-20-14(19)13-5-4-12(17-13)10-15-6-2-3-8-18-9-7-16-11-18/h4-5,7,9,11,15,17H,2-3,6,8,10H2,1H3. The molecule has 0 aliphatic rings. The molecule has 6 heteroatoms. The Kier molecular flexibility index (Phi) is 5.37. The van der Waals surface area contributed by atoms with Crippen molar-refractivity contribution in [3.05, 3.63) is 42.2 Å². The Labute approximate surface area is 118 Å². The van der Waals surface area contributed by atoms with Gasteiger partial charge in [-0.2, -0.15) is 0 Å². The minimum atomic E-state index is -0.336. The fourth-order valence-electron chi connectivity index (χ4n) is 1.96. The van der Waals surface area contributed by atoms with E-state index in [2.05, 4.69) is 24.6 Å². The number of hydrogen-bond acceptors (Lipinski definition) is 4. The van der Waals surface area contributed by atoms with Gasteiger partial charge in [-0.15, -0.1) is 0 Å². The minimum absolute atomic E-state index is 0.336. The third kappa shape index (κ3) is 4.24. The van der Waals surface area contributed by atoms with Gasteiger partial charge in [0.2, 0.25) is 0 Å². The molecule has 2 N–H and O–H groups in total. The number of hydrogen-bond donors (Lipinski definition) is 2. The van der Waals surface area contributed by atoms with Gasteiger partial charge < -0.3 is 19.6 Å². The molecule has 0 saturated carbocycles. The number of nitrogens with zero attached hydrogens (tertiary/aromatic N) is 2. The number of rotatable bonds is 8. The number of aromatic amines is 1. The maximum atomic E-state index is 11.3. The summed E-state index contributed by atoms with van der Waals surface area (Å²) >= 11 is 0. The van der Waals surface area contributed by atoms with Crippen LogP contribution in [0.25, 0.3) is 0 Å². The van der Waals surface area contributed by atoms with Crippen LogP contribution in [0.3, 0.4) is 0 Å². The number of H-pyrrole nitrogens is 1. The molecule has 0 bridgehead atoms. The number of ether oxygens (including phenoxy) is 1. The molecule has 20 heavy (non-hydrogen) atoms. The van der Waals surface area contributed by atoms with Gasteiger partial charge in [-0.1, -0.05) is 0 Å². The van der Waals surface area contributed by atoms with Crippen molar-refractivity contribution in [2.45, 2.75) is 25.9 Å². The highest BCUT2D eigenvalue weighted by Gasteiger charge is 2.07. The van der Waals surface area contributed by atoms with Gasteiger partial charge in [0.25, 0.3) is 0 Å². The van der Waals surface area contributed by atoms with E-state index in [4.69, 9.17) is 0 Å². The topological polar surface area (TPSA) is 71.9 Å². The maximum absolute atomic E-state index is 11.3. The van der Waals surface area contributed by atoms with E-state index in [1.165, 1.54) is 7.11 Å². The summed E-state index contributed by atoms with van der Waals surface area (Å²) in [6.45, 7) is 2.67. The lowest BCUT2D eigenvalue weighted by molar-refractivity contribution is 0.0594. The van der Waals surface area contributed by atoms with E-state index in [1.807, 2.05) is 18.6 Å². The van der Waals surface area contributed by atoms with Crippen molar-refractivity contribution in [1.29, 1.82) is 0 Å². The average Bonchev–Trinajstić information content (AvgIpc) is 3.13. The Bertz CT molecular complexity index is 519. The minimum Gasteiger partial charge on any atom is -0.464 e. The Hall–Kier alpha value is -2.08. The summed E-state index contributed by atoms with van der Waals surface area (Å²) < 4.78 is 6.72. The lowest BCUT2D eigenvalue weighted by atomic mass is 10.3. The van der Waals surface area contributed by atoms with Gasteiger partial charge in [-0.05, 0) is 31.5 Å². The number of carbonyl (C=O) groups excluding carboxylic acids is 1. The van der Waals surface area contributed by atoms with Gasteiger partial charge in [0.1, 0.15) is 5.69 Å². The predicted octanol–water partition coefficient (Wildman–Crippen LogP) is 1.57. The fourth-order valence-corrected chi connectivity index (χ4v) is 1.96. The Morgan fingerprint density at radius 1 is 1.45 bits per heavy atom. The van der Waals surface area contributed by atoms with Crippen LogP contribution >= 0.6 is 0 Å². The van der Waals surface area contributed by atoms with Crippen LogP contribution in [0.1, 0.15) is 29.0 Å². The summed E-state index contributed by atoms with van der Waals surface area (Å²) in [6.07, 6.45) is 7.81. The molecule has 2 heterocycles. The van der Waals surface area contributed by atoms with Crippen molar-refractivity contribution in [3.8, 4) is 0 Å². The number of esters is 1. The highest BCUT2D eigenvalue weighted by Crippen LogP contribution is 2.03. The molecule has 2 aromatic rings. The molecule has 0 fully saturated rings. The second-order valence-corrected chi connectivity index (χ2v) is 4.57. The average molecular weight is 276 g/mol. The van der Waals surface area contributed by atoms with Crippen molar-refractivity contribution >= 4 is 5.97 Å². The van der Waals surface area contributed by atoms with Crippen LogP contribution in [0.5, 0.6) is 0 Å². The summed E-state index contributed by atoms with van der Waals surface area (Å²) in [5, 5.41) is 3.34. The zero-order valence-corrected chi connectivity index (χ0v) is 11.6. The first kappa shape index (κ1) is 14.3. The number of nitrogens with one attached hydrogen (secondary N) is 2. The van der Waals surface area contributed by atoms with Crippen LogP contribution in [0, 0.1) is 0 Å². The van der Waals surface area contributed by atoms with Crippen molar-refractivity contribution in [1.82, 2.24) is 19.9 Å². The van der Waals surface area contributed by atoms with Gasteiger partial charge in [0.05, 0.1) is 13.4 Å². The lowest BCUT2D eigenvalue weighted by Gasteiger charge is -2.04. The molecule has 6 nitrogen and oxygen atoms in total. The second-order valence-electron chi connectivity index (χ2n) is 4.57. The first-order valence-electron chi connectivity index (χ1n) is 6.72. The smallest absolute Gasteiger partial charge is 0.354 e. The SMILES string of the molecule is COC(=O)c1ccc(CNCCCCn2ccnc2)[nH]1. The molecule has 0 atom stereocenters. The van der Waals surface area contributed by atoms with Gasteiger partial charge in [0, 0.05) is 31.2 Å². The first-order valence-corrected chi connectivity index (χ1v) is 6.72.